The Hall–Kier alpha value is -1.06. The van der Waals surface area contributed by atoms with Crippen LogP contribution in [-0.4, -0.2) is 22.4 Å². The molecule has 2 atom stereocenters. The summed E-state index contributed by atoms with van der Waals surface area (Å²) in [4.78, 5) is 0. The van der Waals surface area contributed by atoms with Crippen LogP contribution in [0, 0.1) is 12.8 Å². The highest BCUT2D eigenvalue weighted by atomic mass is 16.5. The molecule has 0 amide bonds. The average molecular weight is 252 g/mol. The third-order valence-electron chi connectivity index (χ3n) is 3.38. The fourth-order valence-electron chi connectivity index (χ4n) is 1.50. The summed E-state index contributed by atoms with van der Waals surface area (Å²) in [5.41, 5.74) is 0.943. The van der Waals surface area contributed by atoms with Crippen molar-refractivity contribution in [2.24, 2.45) is 5.92 Å². The molecule has 3 nitrogen and oxygen atoms in total. The Morgan fingerprint density at radius 3 is 2.39 bits per heavy atom. The molecule has 3 heteroatoms. The van der Waals surface area contributed by atoms with Gasteiger partial charge in [-0.25, -0.2) is 0 Å². The first kappa shape index (κ1) is 15.0. The van der Waals surface area contributed by atoms with Crippen LogP contribution < -0.4 is 4.74 Å². The molecule has 1 rings (SSSR count). The molecule has 0 aromatic heterocycles. The third kappa shape index (κ3) is 3.72. The SMILES string of the molecule is Cc1ccc([C@@H](C)O)c(OCC(C)(O)C(C)C)c1. The Bertz CT molecular complexity index is 395. The van der Waals surface area contributed by atoms with E-state index < -0.39 is 11.7 Å². The standard InChI is InChI=1S/C15H24O3/c1-10(2)15(5,17)9-18-14-8-11(3)6-7-13(14)12(4)16/h6-8,10,12,16-17H,9H2,1-5H3/t12-,15?/m1/s1. The number of aryl methyl sites for hydroxylation is 1. The van der Waals surface area contributed by atoms with E-state index >= 15 is 0 Å². The summed E-state index contributed by atoms with van der Waals surface area (Å²) >= 11 is 0. The van der Waals surface area contributed by atoms with Crippen molar-refractivity contribution in [3.8, 4) is 5.75 Å². The molecule has 18 heavy (non-hydrogen) atoms. The second kappa shape index (κ2) is 5.72. The molecule has 0 aliphatic rings. The summed E-state index contributed by atoms with van der Waals surface area (Å²) in [6.45, 7) is 9.56. The monoisotopic (exact) mass is 252 g/mol. The van der Waals surface area contributed by atoms with Crippen LogP contribution in [0.3, 0.4) is 0 Å². The summed E-state index contributed by atoms with van der Waals surface area (Å²) in [7, 11) is 0. The minimum absolute atomic E-state index is 0.109. The normalized spacial score (nSPS) is 16.4. The number of rotatable bonds is 5. The zero-order valence-electron chi connectivity index (χ0n) is 11.9. The van der Waals surface area contributed by atoms with Crippen molar-refractivity contribution in [1.29, 1.82) is 0 Å². The maximum absolute atomic E-state index is 10.2. The zero-order chi connectivity index (χ0) is 13.9. The summed E-state index contributed by atoms with van der Waals surface area (Å²) in [5, 5.41) is 19.9. The highest BCUT2D eigenvalue weighted by Gasteiger charge is 2.26. The van der Waals surface area contributed by atoms with Crippen LogP contribution in [-0.2, 0) is 0 Å². The maximum atomic E-state index is 10.2. The lowest BCUT2D eigenvalue weighted by Gasteiger charge is -2.28. The van der Waals surface area contributed by atoms with Gasteiger partial charge in [0.2, 0.25) is 0 Å². The van der Waals surface area contributed by atoms with Gasteiger partial charge in [-0.3, -0.25) is 0 Å². The first-order chi connectivity index (χ1) is 8.24. The van der Waals surface area contributed by atoms with Gasteiger partial charge in [-0.15, -0.1) is 0 Å². The van der Waals surface area contributed by atoms with Gasteiger partial charge in [-0.05, 0) is 38.3 Å². The lowest BCUT2D eigenvalue weighted by Crippen LogP contribution is -2.38. The second-order valence-corrected chi connectivity index (χ2v) is 5.52. The lowest BCUT2D eigenvalue weighted by atomic mass is 9.93. The topological polar surface area (TPSA) is 49.7 Å². The number of hydrogen-bond acceptors (Lipinski definition) is 3. The maximum Gasteiger partial charge on any atom is 0.125 e. The molecule has 0 aliphatic heterocycles. The Labute approximate surface area is 109 Å². The van der Waals surface area contributed by atoms with E-state index in [2.05, 4.69) is 0 Å². The van der Waals surface area contributed by atoms with Crippen LogP contribution in [0.5, 0.6) is 5.75 Å². The smallest absolute Gasteiger partial charge is 0.125 e. The molecule has 102 valence electrons. The number of hydrogen-bond donors (Lipinski definition) is 2. The van der Waals surface area contributed by atoms with Crippen molar-refractivity contribution in [1.82, 2.24) is 0 Å². The van der Waals surface area contributed by atoms with E-state index in [0.717, 1.165) is 11.1 Å². The summed E-state index contributed by atoms with van der Waals surface area (Å²) in [6.07, 6.45) is -0.579. The molecule has 2 N–H and O–H groups in total. The quantitative estimate of drug-likeness (QED) is 0.847. The van der Waals surface area contributed by atoms with Gasteiger partial charge >= 0.3 is 0 Å². The van der Waals surface area contributed by atoms with Gasteiger partial charge in [-0.1, -0.05) is 26.0 Å². The predicted octanol–water partition coefficient (Wildman–Crippen LogP) is 2.83. The van der Waals surface area contributed by atoms with Gasteiger partial charge in [0.15, 0.2) is 0 Å². The van der Waals surface area contributed by atoms with Crippen molar-refractivity contribution in [3.05, 3.63) is 29.3 Å². The van der Waals surface area contributed by atoms with Gasteiger partial charge in [0.1, 0.15) is 12.4 Å². The average Bonchev–Trinajstić information content (AvgIpc) is 2.26. The molecule has 0 spiro atoms. The molecule has 0 aliphatic carbocycles. The lowest BCUT2D eigenvalue weighted by molar-refractivity contribution is -0.0273. The molecule has 0 bridgehead atoms. The highest BCUT2D eigenvalue weighted by Crippen LogP contribution is 2.28. The molecule has 0 saturated heterocycles. The molecule has 1 unspecified atom stereocenters. The Balaban J connectivity index is 2.87. The second-order valence-electron chi connectivity index (χ2n) is 5.52. The van der Waals surface area contributed by atoms with E-state index in [1.165, 1.54) is 0 Å². The van der Waals surface area contributed by atoms with Crippen molar-refractivity contribution < 1.29 is 14.9 Å². The fraction of sp³-hybridized carbons (Fsp3) is 0.600. The molecule has 0 heterocycles. The molecule has 0 saturated carbocycles. The number of aliphatic hydroxyl groups excluding tert-OH is 1. The molecule has 0 radical (unpaired) electrons. The van der Waals surface area contributed by atoms with E-state index in [1.54, 1.807) is 13.8 Å². The molecular weight excluding hydrogens is 228 g/mol. The van der Waals surface area contributed by atoms with Gasteiger partial charge in [-0.2, -0.15) is 0 Å². The summed E-state index contributed by atoms with van der Waals surface area (Å²) in [6, 6.07) is 5.69. The van der Waals surface area contributed by atoms with Crippen LogP contribution >= 0.6 is 0 Å². The van der Waals surface area contributed by atoms with Crippen LogP contribution in [0.4, 0.5) is 0 Å². The van der Waals surface area contributed by atoms with Crippen molar-refractivity contribution in [3.63, 3.8) is 0 Å². The van der Waals surface area contributed by atoms with Gasteiger partial charge in [0.25, 0.3) is 0 Å². The van der Waals surface area contributed by atoms with Gasteiger partial charge in [0.05, 0.1) is 11.7 Å². The predicted molar refractivity (Wildman–Crippen MR) is 72.8 cm³/mol. The minimum atomic E-state index is -0.875. The highest BCUT2D eigenvalue weighted by molar-refractivity contribution is 5.38. The zero-order valence-corrected chi connectivity index (χ0v) is 11.9. The van der Waals surface area contributed by atoms with Crippen LogP contribution in [0.25, 0.3) is 0 Å². The van der Waals surface area contributed by atoms with E-state index in [9.17, 15) is 10.2 Å². The van der Waals surface area contributed by atoms with E-state index in [4.69, 9.17) is 4.74 Å². The third-order valence-corrected chi connectivity index (χ3v) is 3.38. The molecule has 1 aromatic rings. The van der Waals surface area contributed by atoms with E-state index in [0.29, 0.717) is 5.75 Å². The van der Waals surface area contributed by atoms with Crippen LogP contribution in [0.15, 0.2) is 18.2 Å². The Morgan fingerprint density at radius 2 is 1.89 bits per heavy atom. The van der Waals surface area contributed by atoms with E-state index in [-0.39, 0.29) is 12.5 Å². The Morgan fingerprint density at radius 1 is 1.28 bits per heavy atom. The van der Waals surface area contributed by atoms with Crippen molar-refractivity contribution in [2.75, 3.05) is 6.61 Å². The van der Waals surface area contributed by atoms with Crippen molar-refractivity contribution in [2.45, 2.75) is 46.3 Å². The number of aliphatic hydroxyl groups is 2. The summed E-state index contributed by atoms with van der Waals surface area (Å²) < 4.78 is 5.70. The van der Waals surface area contributed by atoms with Crippen LogP contribution in [0.2, 0.25) is 0 Å². The minimum Gasteiger partial charge on any atom is -0.490 e. The summed E-state index contributed by atoms with van der Waals surface area (Å²) in [5.74, 6) is 0.753. The number of benzene rings is 1. The van der Waals surface area contributed by atoms with Crippen LogP contribution in [0.1, 0.15) is 44.9 Å². The first-order valence-corrected chi connectivity index (χ1v) is 6.38. The number of ether oxygens (including phenoxy) is 1. The van der Waals surface area contributed by atoms with Gasteiger partial charge in [0, 0.05) is 5.56 Å². The van der Waals surface area contributed by atoms with E-state index in [1.807, 2.05) is 39.0 Å². The Kier molecular flexibility index (Phi) is 4.77. The largest absolute Gasteiger partial charge is 0.490 e. The van der Waals surface area contributed by atoms with Gasteiger partial charge < -0.3 is 14.9 Å². The molecule has 0 fully saturated rings. The van der Waals surface area contributed by atoms with Crippen molar-refractivity contribution >= 4 is 0 Å². The first-order valence-electron chi connectivity index (χ1n) is 6.38. The molecular formula is C15H24O3. The fourth-order valence-corrected chi connectivity index (χ4v) is 1.50. The molecule has 1 aromatic carbocycles.